The topological polar surface area (TPSA) is 83.7 Å². The molecule has 35 heavy (non-hydrogen) atoms. The number of hydrogen-bond donors (Lipinski definition) is 0. The Balaban J connectivity index is 1.41. The molecule has 0 aliphatic carbocycles. The first-order chi connectivity index (χ1) is 16.6. The molecule has 8 nitrogen and oxygen atoms in total. The molecule has 4 aromatic rings. The molecule has 1 aliphatic rings. The Hall–Kier alpha value is -2.72. The first-order valence-corrected chi connectivity index (χ1v) is 13.3. The lowest BCUT2D eigenvalue weighted by Crippen LogP contribution is -2.49. The highest BCUT2D eigenvalue weighted by atomic mass is 35.5. The molecule has 0 radical (unpaired) electrons. The maximum atomic E-state index is 13.4. The van der Waals surface area contributed by atoms with Gasteiger partial charge in [0.2, 0.25) is 16.0 Å². The maximum absolute atomic E-state index is 13.4. The van der Waals surface area contributed by atoms with Crippen molar-refractivity contribution < 1.29 is 8.42 Å². The average molecular weight is 531 g/mol. The predicted molar refractivity (Wildman–Crippen MR) is 138 cm³/mol. The van der Waals surface area contributed by atoms with Crippen molar-refractivity contribution in [2.45, 2.75) is 25.7 Å². The number of anilines is 1. The van der Waals surface area contributed by atoms with Gasteiger partial charge in [-0.25, -0.2) is 13.4 Å². The first kappa shape index (κ1) is 24.0. The van der Waals surface area contributed by atoms with Gasteiger partial charge in [0.15, 0.2) is 0 Å². The third-order valence-corrected chi connectivity index (χ3v) is 8.93. The van der Waals surface area contributed by atoms with E-state index in [9.17, 15) is 8.42 Å². The normalized spacial score (nSPS) is 15.2. The quantitative estimate of drug-likeness (QED) is 0.385. The highest BCUT2D eigenvalue weighted by molar-refractivity contribution is 7.89. The minimum absolute atomic E-state index is 0.338. The zero-order valence-corrected chi connectivity index (χ0v) is 21.9. The van der Waals surface area contributed by atoms with Crippen LogP contribution in [0.15, 0.2) is 47.5 Å². The summed E-state index contributed by atoms with van der Waals surface area (Å²) in [5.74, 6) is 0.914. The van der Waals surface area contributed by atoms with Crippen molar-refractivity contribution in [3.05, 3.63) is 69.3 Å². The molecule has 0 N–H and O–H groups in total. The van der Waals surface area contributed by atoms with Crippen molar-refractivity contribution in [1.82, 2.24) is 23.9 Å². The second kappa shape index (κ2) is 9.05. The van der Waals surface area contributed by atoms with E-state index in [4.69, 9.17) is 23.2 Å². The fourth-order valence-electron chi connectivity index (χ4n) is 4.65. The van der Waals surface area contributed by atoms with Gasteiger partial charge in [0, 0.05) is 43.0 Å². The van der Waals surface area contributed by atoms with Crippen molar-refractivity contribution >= 4 is 45.0 Å². The van der Waals surface area contributed by atoms with E-state index in [2.05, 4.69) is 15.1 Å². The summed E-state index contributed by atoms with van der Waals surface area (Å²) < 4.78 is 30.0. The number of rotatable bonds is 4. The van der Waals surface area contributed by atoms with E-state index in [0.29, 0.717) is 58.5 Å². The van der Waals surface area contributed by atoms with Gasteiger partial charge in [0.1, 0.15) is 0 Å². The van der Waals surface area contributed by atoms with E-state index in [-0.39, 0.29) is 0 Å². The van der Waals surface area contributed by atoms with Gasteiger partial charge in [0.25, 0.3) is 5.78 Å². The van der Waals surface area contributed by atoms with E-state index in [1.807, 2.05) is 37.8 Å². The number of sulfonamides is 1. The Bertz CT molecular complexity index is 1520. The molecule has 0 amide bonds. The Labute approximate surface area is 214 Å². The number of halogens is 2. The smallest absolute Gasteiger partial charge is 0.254 e. The van der Waals surface area contributed by atoms with Crippen molar-refractivity contribution in [2.24, 2.45) is 0 Å². The summed E-state index contributed by atoms with van der Waals surface area (Å²) in [5.41, 5.74) is 4.03. The molecule has 3 heterocycles. The minimum Gasteiger partial charge on any atom is -0.337 e. The summed E-state index contributed by atoms with van der Waals surface area (Å²) in [6.45, 7) is 7.27. The highest BCUT2D eigenvalue weighted by Gasteiger charge is 2.32. The molecule has 1 saturated heterocycles. The summed E-state index contributed by atoms with van der Waals surface area (Å²) in [7, 11) is -3.60. The van der Waals surface area contributed by atoms with Crippen LogP contribution in [0.5, 0.6) is 0 Å². The van der Waals surface area contributed by atoms with Gasteiger partial charge >= 0.3 is 0 Å². The van der Waals surface area contributed by atoms with Gasteiger partial charge in [-0.05, 0) is 56.2 Å². The van der Waals surface area contributed by atoms with Crippen molar-refractivity contribution in [3.63, 3.8) is 0 Å². The Morgan fingerprint density at radius 3 is 2.29 bits per heavy atom. The largest absolute Gasteiger partial charge is 0.337 e. The molecule has 0 spiro atoms. The number of aromatic nitrogens is 4. The second-order valence-electron chi connectivity index (χ2n) is 8.70. The second-order valence-corrected chi connectivity index (χ2v) is 11.4. The van der Waals surface area contributed by atoms with Gasteiger partial charge in [-0.3, -0.25) is 0 Å². The molecule has 11 heteroatoms. The first-order valence-electron chi connectivity index (χ1n) is 11.2. The SMILES string of the molecule is Cc1cc(C)c(S(=O)(=O)N2CCN(c3nc4nccc(-c5cc(Cl)ccc5Cl)n4n3)CC2)c(C)c1. The number of piperazine rings is 1. The molecule has 0 atom stereocenters. The fourth-order valence-corrected chi connectivity index (χ4v) is 6.87. The van der Waals surface area contributed by atoms with Gasteiger partial charge in [-0.1, -0.05) is 40.9 Å². The van der Waals surface area contributed by atoms with E-state index >= 15 is 0 Å². The molecule has 0 unspecified atom stereocenters. The van der Waals surface area contributed by atoms with Crippen LogP contribution in [0.25, 0.3) is 17.0 Å². The van der Waals surface area contributed by atoms with Crippen LogP contribution in [0, 0.1) is 20.8 Å². The zero-order chi connectivity index (χ0) is 24.9. The molecule has 2 aromatic heterocycles. The summed E-state index contributed by atoms with van der Waals surface area (Å²) in [5, 5.41) is 5.77. The van der Waals surface area contributed by atoms with Crippen LogP contribution in [0.2, 0.25) is 10.0 Å². The molecular formula is C24H24Cl2N6O2S. The lowest BCUT2D eigenvalue weighted by Gasteiger charge is -2.33. The molecular weight excluding hydrogens is 507 g/mol. The number of aryl methyl sites for hydroxylation is 3. The minimum atomic E-state index is -3.60. The predicted octanol–water partition coefficient (Wildman–Crippen LogP) is 4.53. The van der Waals surface area contributed by atoms with Crippen LogP contribution in [0.1, 0.15) is 16.7 Å². The summed E-state index contributed by atoms with van der Waals surface area (Å²) in [6, 6.07) is 10.9. The third kappa shape index (κ3) is 4.38. The molecule has 0 bridgehead atoms. The fraction of sp³-hybridized carbons (Fsp3) is 0.292. The van der Waals surface area contributed by atoms with Crippen LogP contribution in [-0.4, -0.2) is 58.5 Å². The maximum Gasteiger partial charge on any atom is 0.254 e. The van der Waals surface area contributed by atoms with Crippen molar-refractivity contribution in [3.8, 4) is 11.3 Å². The zero-order valence-electron chi connectivity index (χ0n) is 19.5. The Morgan fingerprint density at radius 2 is 1.60 bits per heavy atom. The molecule has 1 aliphatic heterocycles. The third-order valence-electron chi connectivity index (χ3n) is 6.16. The van der Waals surface area contributed by atoms with Crippen molar-refractivity contribution in [1.29, 1.82) is 0 Å². The number of benzene rings is 2. The Morgan fingerprint density at radius 1 is 0.914 bits per heavy atom. The number of fused-ring (bicyclic) bond motifs is 1. The van der Waals surface area contributed by atoms with Gasteiger partial charge in [-0.2, -0.15) is 13.8 Å². The van der Waals surface area contributed by atoms with Crippen LogP contribution in [0.3, 0.4) is 0 Å². The monoisotopic (exact) mass is 530 g/mol. The van der Waals surface area contributed by atoms with Crippen LogP contribution in [-0.2, 0) is 10.0 Å². The summed E-state index contributed by atoms with van der Waals surface area (Å²) in [6.07, 6.45) is 1.65. The number of nitrogens with zero attached hydrogens (tertiary/aromatic N) is 6. The van der Waals surface area contributed by atoms with E-state index in [0.717, 1.165) is 22.3 Å². The highest BCUT2D eigenvalue weighted by Crippen LogP contribution is 2.31. The van der Waals surface area contributed by atoms with Crippen LogP contribution < -0.4 is 4.90 Å². The van der Waals surface area contributed by atoms with Crippen LogP contribution >= 0.6 is 23.2 Å². The summed E-state index contributed by atoms with van der Waals surface area (Å²) in [4.78, 5) is 11.3. The molecule has 2 aromatic carbocycles. The van der Waals surface area contributed by atoms with E-state index in [1.54, 1.807) is 39.3 Å². The van der Waals surface area contributed by atoms with Gasteiger partial charge in [0.05, 0.1) is 15.6 Å². The molecule has 1 fully saturated rings. The standard InChI is InChI=1S/C24H24Cl2N6O2S/c1-15-12-16(2)22(17(3)13-15)35(33,34)31-10-8-30(9-11-31)24-28-23-27-7-6-21(32(23)29-24)19-14-18(25)4-5-20(19)26/h4-7,12-14H,8-11H2,1-3H3. The summed E-state index contributed by atoms with van der Waals surface area (Å²) >= 11 is 12.6. The van der Waals surface area contributed by atoms with Gasteiger partial charge < -0.3 is 4.90 Å². The number of hydrogen-bond acceptors (Lipinski definition) is 6. The lowest BCUT2D eigenvalue weighted by atomic mass is 10.1. The van der Waals surface area contributed by atoms with Crippen LogP contribution in [0.4, 0.5) is 5.95 Å². The molecule has 0 saturated carbocycles. The molecule has 5 rings (SSSR count). The average Bonchev–Trinajstić information content (AvgIpc) is 3.24. The lowest BCUT2D eigenvalue weighted by molar-refractivity contribution is 0.382. The Kier molecular flexibility index (Phi) is 6.21. The van der Waals surface area contributed by atoms with E-state index in [1.165, 1.54) is 0 Å². The van der Waals surface area contributed by atoms with Crippen molar-refractivity contribution in [2.75, 3.05) is 31.1 Å². The van der Waals surface area contributed by atoms with Gasteiger partial charge in [-0.15, -0.1) is 5.10 Å². The van der Waals surface area contributed by atoms with E-state index < -0.39 is 10.0 Å². The molecule has 182 valence electrons.